The van der Waals surface area contributed by atoms with E-state index in [4.69, 9.17) is 12.2 Å². The van der Waals surface area contributed by atoms with Gasteiger partial charge in [-0.3, -0.25) is 14.9 Å². The first kappa shape index (κ1) is 21.6. The predicted molar refractivity (Wildman–Crippen MR) is 118 cm³/mol. The number of benzene rings is 2. The summed E-state index contributed by atoms with van der Waals surface area (Å²) in [6, 6.07) is 14.4. The van der Waals surface area contributed by atoms with Gasteiger partial charge >= 0.3 is 0 Å². The molecule has 0 aromatic heterocycles. The Kier molecular flexibility index (Phi) is 6.91. The number of amides is 2. The topological polar surface area (TPSA) is 70.2 Å². The van der Waals surface area contributed by atoms with E-state index in [0.717, 1.165) is 0 Å². The van der Waals surface area contributed by atoms with Gasteiger partial charge in [0, 0.05) is 22.4 Å². The minimum atomic E-state index is -0.324. The van der Waals surface area contributed by atoms with E-state index in [2.05, 4.69) is 29.8 Å². The van der Waals surface area contributed by atoms with Gasteiger partial charge in [-0.2, -0.15) is 0 Å². The monoisotopic (exact) mass is 397 g/mol. The lowest BCUT2D eigenvalue weighted by molar-refractivity contribution is 0.0918. The number of anilines is 1. The van der Waals surface area contributed by atoms with Gasteiger partial charge in [0.05, 0.1) is 0 Å². The van der Waals surface area contributed by atoms with Crippen molar-refractivity contribution in [3.8, 4) is 0 Å². The third-order valence-corrected chi connectivity index (χ3v) is 4.14. The predicted octanol–water partition coefficient (Wildman–Crippen LogP) is 4.47. The molecule has 0 fully saturated rings. The Labute approximate surface area is 171 Å². The molecule has 0 saturated carbocycles. The van der Waals surface area contributed by atoms with Crippen LogP contribution in [-0.4, -0.2) is 22.5 Å². The highest BCUT2D eigenvalue weighted by atomic mass is 32.1. The van der Waals surface area contributed by atoms with Crippen molar-refractivity contribution in [1.29, 1.82) is 0 Å². The number of thiocarbonyl (C=S) groups is 1. The molecule has 2 rings (SSSR count). The molecule has 0 unspecified atom stereocenters. The molecule has 0 bridgehead atoms. The molecule has 0 aliphatic rings. The van der Waals surface area contributed by atoms with E-state index in [1.165, 1.54) is 5.56 Å². The van der Waals surface area contributed by atoms with E-state index in [0.29, 0.717) is 22.7 Å². The summed E-state index contributed by atoms with van der Waals surface area (Å²) in [6.07, 6.45) is 0. The van der Waals surface area contributed by atoms with Crippen LogP contribution in [0.1, 0.15) is 66.8 Å². The summed E-state index contributed by atoms with van der Waals surface area (Å²) in [4.78, 5) is 24.7. The van der Waals surface area contributed by atoms with E-state index >= 15 is 0 Å². The molecule has 148 valence electrons. The number of rotatable bonds is 4. The van der Waals surface area contributed by atoms with Crippen molar-refractivity contribution in [2.24, 2.45) is 0 Å². The van der Waals surface area contributed by atoms with Crippen molar-refractivity contribution in [3.05, 3.63) is 65.2 Å². The molecular weight excluding hydrogens is 370 g/mol. The number of carbonyl (C=O) groups excluding carboxylic acids is 2. The fraction of sp³-hybridized carbons (Fsp3) is 0.318. The third-order valence-electron chi connectivity index (χ3n) is 3.94. The maximum Gasteiger partial charge on any atom is 0.257 e. The van der Waals surface area contributed by atoms with Crippen molar-refractivity contribution in [2.45, 2.75) is 46.1 Å². The van der Waals surface area contributed by atoms with Crippen molar-refractivity contribution in [3.63, 3.8) is 0 Å². The number of nitrogens with one attached hydrogen (secondary N) is 3. The molecule has 0 saturated heterocycles. The van der Waals surface area contributed by atoms with Crippen molar-refractivity contribution >= 4 is 34.8 Å². The summed E-state index contributed by atoms with van der Waals surface area (Å²) in [5, 5.41) is 8.70. The molecule has 0 spiro atoms. The smallest absolute Gasteiger partial charge is 0.257 e. The molecule has 5 nitrogen and oxygen atoms in total. The minimum Gasteiger partial charge on any atom is -0.347 e. The number of hydrogen-bond acceptors (Lipinski definition) is 3. The minimum absolute atomic E-state index is 0.170. The molecule has 6 heteroatoms. The summed E-state index contributed by atoms with van der Waals surface area (Å²) in [5.74, 6) is -0.0478. The zero-order valence-corrected chi connectivity index (χ0v) is 17.7. The molecule has 2 aromatic rings. The van der Waals surface area contributed by atoms with Crippen LogP contribution in [0, 0.1) is 0 Å². The highest BCUT2D eigenvalue weighted by Crippen LogP contribution is 2.15. The summed E-state index contributed by atoms with van der Waals surface area (Å²) in [5.41, 5.74) is 2.52. The van der Waals surface area contributed by atoms with Crippen LogP contribution in [0.4, 0.5) is 5.69 Å². The van der Waals surface area contributed by atoms with E-state index in [-0.39, 0.29) is 22.5 Å². The Hall–Kier alpha value is -2.73. The fourth-order valence-electron chi connectivity index (χ4n) is 2.51. The first-order valence-corrected chi connectivity index (χ1v) is 9.61. The highest BCUT2D eigenvalue weighted by Gasteiger charge is 2.16. The lowest BCUT2D eigenvalue weighted by Crippen LogP contribution is -2.40. The van der Waals surface area contributed by atoms with Gasteiger partial charge in [0.15, 0.2) is 5.11 Å². The first-order chi connectivity index (χ1) is 13.0. The highest BCUT2D eigenvalue weighted by molar-refractivity contribution is 7.80. The Bertz CT molecular complexity index is 868. The molecule has 0 heterocycles. The lowest BCUT2D eigenvalue weighted by Gasteiger charge is -2.20. The number of carbonyl (C=O) groups is 2. The maximum atomic E-state index is 12.4. The van der Waals surface area contributed by atoms with Crippen molar-refractivity contribution in [1.82, 2.24) is 10.6 Å². The Morgan fingerprint density at radius 2 is 1.57 bits per heavy atom. The van der Waals surface area contributed by atoms with E-state index < -0.39 is 0 Å². The SMILES string of the molecule is CC(C)c1ccc(C(=O)NC(=S)Nc2cccc(C(=O)NC(C)(C)C)c2)cc1. The van der Waals surface area contributed by atoms with Gasteiger partial charge in [0.1, 0.15) is 0 Å². The summed E-state index contributed by atoms with van der Waals surface area (Å²) >= 11 is 5.23. The van der Waals surface area contributed by atoms with Gasteiger partial charge in [0.2, 0.25) is 0 Å². The Balaban J connectivity index is 2.00. The van der Waals surface area contributed by atoms with Gasteiger partial charge in [-0.1, -0.05) is 32.0 Å². The second kappa shape index (κ2) is 8.97. The van der Waals surface area contributed by atoms with Crippen molar-refractivity contribution in [2.75, 3.05) is 5.32 Å². The molecule has 2 amide bonds. The normalized spacial score (nSPS) is 11.1. The summed E-state index contributed by atoms with van der Waals surface area (Å²) in [6.45, 7) is 9.97. The maximum absolute atomic E-state index is 12.4. The summed E-state index contributed by atoms with van der Waals surface area (Å²) in [7, 11) is 0. The molecule has 0 atom stereocenters. The second-order valence-electron chi connectivity index (χ2n) is 7.97. The van der Waals surface area contributed by atoms with Crippen LogP contribution < -0.4 is 16.0 Å². The molecule has 0 aliphatic heterocycles. The van der Waals surface area contributed by atoms with Gasteiger partial charge in [0.25, 0.3) is 11.8 Å². The molecule has 0 radical (unpaired) electrons. The van der Waals surface area contributed by atoms with Gasteiger partial charge in [-0.05, 0) is 74.8 Å². The average Bonchev–Trinajstić information content (AvgIpc) is 2.60. The molecule has 2 aromatic carbocycles. The van der Waals surface area contributed by atoms with Crippen LogP contribution in [0.25, 0.3) is 0 Å². The van der Waals surface area contributed by atoms with Crippen LogP contribution in [0.5, 0.6) is 0 Å². The van der Waals surface area contributed by atoms with E-state index in [9.17, 15) is 9.59 Å². The van der Waals surface area contributed by atoms with Gasteiger partial charge < -0.3 is 10.6 Å². The molecular formula is C22H27N3O2S. The molecule has 3 N–H and O–H groups in total. The number of hydrogen-bond donors (Lipinski definition) is 3. The Morgan fingerprint density at radius 1 is 0.929 bits per heavy atom. The standard InChI is InChI=1S/C22H27N3O2S/c1-14(2)15-9-11-16(12-10-15)19(26)24-21(28)23-18-8-6-7-17(13-18)20(27)25-22(3,4)5/h6-14H,1-5H3,(H,25,27)(H2,23,24,26,28). The van der Waals surface area contributed by atoms with Gasteiger partial charge in [-0.25, -0.2) is 0 Å². The fourth-order valence-corrected chi connectivity index (χ4v) is 2.72. The van der Waals surface area contributed by atoms with Crippen LogP contribution in [0.3, 0.4) is 0 Å². The average molecular weight is 398 g/mol. The van der Waals surface area contributed by atoms with Crippen LogP contribution >= 0.6 is 12.2 Å². The van der Waals surface area contributed by atoms with Crippen LogP contribution in [0.15, 0.2) is 48.5 Å². The zero-order valence-electron chi connectivity index (χ0n) is 16.9. The van der Waals surface area contributed by atoms with Gasteiger partial charge in [-0.15, -0.1) is 0 Å². The molecule has 28 heavy (non-hydrogen) atoms. The van der Waals surface area contributed by atoms with Crippen LogP contribution in [-0.2, 0) is 0 Å². The third kappa shape index (κ3) is 6.46. The van der Waals surface area contributed by atoms with Crippen LogP contribution in [0.2, 0.25) is 0 Å². The largest absolute Gasteiger partial charge is 0.347 e. The lowest BCUT2D eigenvalue weighted by atomic mass is 10.0. The quantitative estimate of drug-likeness (QED) is 0.666. The van der Waals surface area contributed by atoms with E-state index in [1.54, 1.807) is 36.4 Å². The van der Waals surface area contributed by atoms with Crippen molar-refractivity contribution < 1.29 is 9.59 Å². The second-order valence-corrected chi connectivity index (χ2v) is 8.38. The zero-order chi connectivity index (χ0) is 20.9. The summed E-state index contributed by atoms with van der Waals surface area (Å²) < 4.78 is 0. The van der Waals surface area contributed by atoms with E-state index in [1.807, 2.05) is 32.9 Å². The molecule has 0 aliphatic carbocycles. The first-order valence-electron chi connectivity index (χ1n) is 9.20. The Morgan fingerprint density at radius 3 is 2.14 bits per heavy atom.